The summed E-state index contributed by atoms with van der Waals surface area (Å²) < 4.78 is 3.86. The number of anilines is 1. The van der Waals surface area contributed by atoms with Gasteiger partial charge >= 0.3 is 0 Å². The van der Waals surface area contributed by atoms with Gasteiger partial charge in [-0.2, -0.15) is 0 Å². The Bertz CT molecular complexity index is 697. The van der Waals surface area contributed by atoms with E-state index in [-0.39, 0.29) is 18.4 Å². The Morgan fingerprint density at radius 3 is 2.90 bits per heavy atom. The molecule has 2 aromatic rings. The Kier molecular flexibility index (Phi) is 5.04. The lowest BCUT2D eigenvalue weighted by Crippen LogP contribution is -2.14. The highest BCUT2D eigenvalue weighted by Gasteiger charge is 2.19. The van der Waals surface area contributed by atoms with Crippen LogP contribution in [0.25, 0.3) is 0 Å². The molecule has 1 amide bonds. The van der Waals surface area contributed by atoms with Crippen LogP contribution in [0.4, 0.5) is 5.69 Å². The Labute approximate surface area is 127 Å². The van der Waals surface area contributed by atoms with Gasteiger partial charge in [0.2, 0.25) is 0 Å². The molecule has 1 aromatic carbocycles. The monoisotopic (exact) mass is 300 g/mol. The lowest BCUT2D eigenvalue weighted by Gasteiger charge is -2.08. The Morgan fingerprint density at radius 1 is 1.43 bits per heavy atom. The summed E-state index contributed by atoms with van der Waals surface area (Å²) in [5.74, 6) is 5.67. The molecule has 2 rings (SSSR count). The van der Waals surface area contributed by atoms with Crippen LogP contribution in [-0.4, -0.2) is 22.0 Å². The van der Waals surface area contributed by atoms with E-state index in [2.05, 4.69) is 26.7 Å². The van der Waals surface area contributed by atoms with Gasteiger partial charge in [0.05, 0.1) is 17.9 Å². The second-order valence-corrected chi connectivity index (χ2v) is 5.40. The van der Waals surface area contributed by atoms with Crippen molar-refractivity contribution in [1.29, 1.82) is 0 Å². The molecule has 0 bridgehead atoms. The van der Waals surface area contributed by atoms with Gasteiger partial charge in [0.15, 0.2) is 0 Å². The number of hydrogen-bond donors (Lipinski definition) is 2. The first kappa shape index (κ1) is 15.2. The maximum absolute atomic E-state index is 12.4. The van der Waals surface area contributed by atoms with Gasteiger partial charge < -0.3 is 11.1 Å². The van der Waals surface area contributed by atoms with Gasteiger partial charge in [0.1, 0.15) is 4.88 Å². The molecule has 0 aliphatic heterocycles. The molecule has 0 aliphatic carbocycles. The molecule has 0 radical (unpaired) electrons. The average molecular weight is 300 g/mol. The van der Waals surface area contributed by atoms with Crippen molar-refractivity contribution in [2.24, 2.45) is 5.73 Å². The number of nitrogens with two attached hydrogens (primary N) is 1. The van der Waals surface area contributed by atoms with Crippen LogP contribution in [0.1, 0.15) is 40.7 Å². The second-order valence-electron chi connectivity index (χ2n) is 4.65. The maximum Gasteiger partial charge on any atom is 0.269 e. The third kappa shape index (κ3) is 3.66. The molecule has 108 valence electrons. The minimum absolute atomic E-state index is 0.150. The Balaban J connectivity index is 2.26. The quantitative estimate of drug-likeness (QED) is 0.852. The van der Waals surface area contributed by atoms with Gasteiger partial charge in [0, 0.05) is 5.56 Å². The molecule has 0 spiro atoms. The first-order valence-corrected chi connectivity index (χ1v) is 7.32. The summed E-state index contributed by atoms with van der Waals surface area (Å²) in [7, 11) is 0. The maximum atomic E-state index is 12.4. The molecule has 0 unspecified atom stereocenters. The number of nitrogens with zero attached hydrogens (tertiary/aromatic N) is 2. The van der Waals surface area contributed by atoms with Crippen molar-refractivity contribution in [3.63, 3.8) is 0 Å². The molecule has 0 saturated carbocycles. The van der Waals surface area contributed by atoms with Crippen molar-refractivity contribution >= 4 is 23.1 Å². The van der Waals surface area contributed by atoms with Gasteiger partial charge in [0.25, 0.3) is 5.91 Å². The number of hydrogen-bond acceptors (Lipinski definition) is 5. The molecule has 0 fully saturated rings. The summed E-state index contributed by atoms with van der Waals surface area (Å²) in [4.78, 5) is 12.9. The van der Waals surface area contributed by atoms with E-state index in [1.165, 1.54) is 0 Å². The first-order valence-electron chi connectivity index (χ1n) is 6.55. The van der Waals surface area contributed by atoms with Gasteiger partial charge in [-0.3, -0.25) is 4.79 Å². The molecule has 21 heavy (non-hydrogen) atoms. The Morgan fingerprint density at radius 2 is 2.19 bits per heavy atom. The van der Waals surface area contributed by atoms with Crippen LogP contribution in [0.2, 0.25) is 0 Å². The highest BCUT2D eigenvalue weighted by Crippen LogP contribution is 2.22. The Hall–Kier alpha value is -2.23. The van der Waals surface area contributed by atoms with Crippen LogP contribution in [0.5, 0.6) is 0 Å². The number of carbonyl (C=O) groups excluding carboxylic acids is 1. The fraction of sp³-hybridized carbons (Fsp3) is 0.267. The molecular formula is C15H16N4OS. The highest BCUT2D eigenvalue weighted by molar-refractivity contribution is 7.08. The fourth-order valence-electron chi connectivity index (χ4n) is 1.76. The third-order valence-electron chi connectivity index (χ3n) is 2.77. The molecule has 5 nitrogen and oxygen atoms in total. The zero-order valence-electron chi connectivity index (χ0n) is 11.9. The van der Waals surface area contributed by atoms with E-state index in [1.54, 1.807) is 0 Å². The summed E-state index contributed by atoms with van der Waals surface area (Å²) in [6, 6.07) is 7.36. The van der Waals surface area contributed by atoms with Crippen LogP contribution in [0.3, 0.4) is 0 Å². The fourth-order valence-corrected chi connectivity index (χ4v) is 2.47. The van der Waals surface area contributed by atoms with Crippen molar-refractivity contribution in [1.82, 2.24) is 9.59 Å². The number of carbonyl (C=O) groups is 1. The summed E-state index contributed by atoms with van der Waals surface area (Å²) in [6.45, 7) is 4.24. The van der Waals surface area contributed by atoms with E-state index < -0.39 is 0 Å². The number of aromatic nitrogens is 2. The van der Waals surface area contributed by atoms with Crippen LogP contribution in [0.15, 0.2) is 24.3 Å². The van der Waals surface area contributed by atoms with E-state index in [9.17, 15) is 4.79 Å². The second kappa shape index (κ2) is 6.97. The normalized spacial score (nSPS) is 10.1. The third-order valence-corrected chi connectivity index (χ3v) is 3.51. The molecule has 0 saturated heterocycles. The van der Waals surface area contributed by atoms with Crippen molar-refractivity contribution in [3.8, 4) is 11.8 Å². The number of amides is 1. The van der Waals surface area contributed by atoms with Crippen LogP contribution in [0, 0.1) is 11.8 Å². The van der Waals surface area contributed by atoms with Crippen LogP contribution >= 0.6 is 11.5 Å². The zero-order valence-corrected chi connectivity index (χ0v) is 12.7. The molecule has 0 atom stereocenters. The summed E-state index contributed by atoms with van der Waals surface area (Å²) in [5, 5.41) is 6.88. The summed E-state index contributed by atoms with van der Waals surface area (Å²) in [5.41, 5.74) is 7.49. The van der Waals surface area contributed by atoms with E-state index in [0.717, 1.165) is 17.1 Å². The van der Waals surface area contributed by atoms with E-state index in [0.29, 0.717) is 16.3 Å². The lowest BCUT2D eigenvalue weighted by molar-refractivity contribution is 0.102. The van der Waals surface area contributed by atoms with Crippen molar-refractivity contribution < 1.29 is 4.79 Å². The lowest BCUT2D eigenvalue weighted by atomic mass is 10.1. The number of benzene rings is 1. The zero-order chi connectivity index (χ0) is 15.2. The van der Waals surface area contributed by atoms with Crippen LogP contribution in [-0.2, 0) is 0 Å². The van der Waals surface area contributed by atoms with E-state index >= 15 is 0 Å². The highest BCUT2D eigenvalue weighted by atomic mass is 32.1. The van der Waals surface area contributed by atoms with Gasteiger partial charge in [-0.25, -0.2) is 0 Å². The largest absolute Gasteiger partial charge is 0.320 e. The van der Waals surface area contributed by atoms with Gasteiger partial charge in [-0.05, 0) is 29.6 Å². The molecule has 3 N–H and O–H groups in total. The average Bonchev–Trinajstić information content (AvgIpc) is 2.96. The van der Waals surface area contributed by atoms with Crippen molar-refractivity contribution in [2.45, 2.75) is 19.8 Å². The summed E-state index contributed by atoms with van der Waals surface area (Å²) in [6.07, 6.45) is 0. The molecule has 1 heterocycles. The molecular weight excluding hydrogens is 284 g/mol. The number of rotatable bonds is 3. The first-order chi connectivity index (χ1) is 10.1. The van der Waals surface area contributed by atoms with Gasteiger partial charge in [-0.1, -0.05) is 42.3 Å². The smallest absolute Gasteiger partial charge is 0.269 e. The summed E-state index contributed by atoms with van der Waals surface area (Å²) >= 11 is 1.10. The van der Waals surface area contributed by atoms with Crippen LogP contribution < -0.4 is 11.1 Å². The van der Waals surface area contributed by atoms with Crippen molar-refractivity contribution in [2.75, 3.05) is 11.9 Å². The van der Waals surface area contributed by atoms with Crippen molar-refractivity contribution in [3.05, 3.63) is 40.4 Å². The predicted octanol–water partition coefficient (Wildman–Crippen LogP) is 2.22. The topological polar surface area (TPSA) is 80.9 Å². The van der Waals surface area contributed by atoms with E-state index in [4.69, 9.17) is 5.73 Å². The predicted molar refractivity (Wildman–Crippen MR) is 84.3 cm³/mol. The molecule has 6 heteroatoms. The van der Waals surface area contributed by atoms with Gasteiger partial charge in [-0.15, -0.1) is 5.10 Å². The molecule has 1 aromatic heterocycles. The minimum Gasteiger partial charge on any atom is -0.320 e. The standard InChI is InChI=1S/C15H16N4OS/c1-10(2)13-14(21-19-18-13)15(20)17-12-8-4-3-6-11(12)7-5-9-16/h3-4,6,8,10H,9,16H2,1-2H3,(H,17,20). The molecule has 0 aliphatic rings. The number of nitrogens with one attached hydrogen (secondary N) is 1. The van der Waals surface area contributed by atoms with E-state index in [1.807, 2.05) is 38.1 Å². The SMILES string of the molecule is CC(C)c1nnsc1C(=O)Nc1ccccc1C#CCN. The minimum atomic E-state index is -0.212. The number of para-hydroxylation sites is 1.